The predicted octanol–water partition coefficient (Wildman–Crippen LogP) is 2.93. The van der Waals surface area contributed by atoms with Crippen LogP contribution in [0.15, 0.2) is 66.3 Å². The van der Waals surface area contributed by atoms with Crippen LogP contribution in [0.3, 0.4) is 0 Å². The molecule has 0 atom stereocenters. The van der Waals surface area contributed by atoms with Crippen LogP contribution in [0.2, 0.25) is 0 Å². The normalized spacial score (nSPS) is 14.6. The maximum Gasteiger partial charge on any atom is 0.237 e. The Labute approximate surface area is 181 Å². The van der Waals surface area contributed by atoms with Gasteiger partial charge in [0.25, 0.3) is 0 Å². The summed E-state index contributed by atoms with van der Waals surface area (Å²) in [5.74, 6) is 0.967. The number of aromatic nitrogens is 2. The van der Waals surface area contributed by atoms with Crippen LogP contribution in [0.1, 0.15) is 10.4 Å². The van der Waals surface area contributed by atoms with Gasteiger partial charge in [-0.15, -0.1) is 11.3 Å². The van der Waals surface area contributed by atoms with Gasteiger partial charge in [0.1, 0.15) is 0 Å². The molecule has 156 valence electrons. The van der Waals surface area contributed by atoms with E-state index < -0.39 is 0 Å². The highest BCUT2D eigenvalue weighted by molar-refractivity contribution is 7.09. The number of carbonyl (C=O) groups is 1. The first-order valence-electron chi connectivity index (χ1n) is 10.4. The van der Waals surface area contributed by atoms with Crippen molar-refractivity contribution in [1.29, 1.82) is 0 Å². The van der Waals surface area contributed by atoms with Crippen molar-refractivity contribution in [3.05, 3.63) is 76.7 Å². The molecular formula is C23H27N5OS. The molecule has 1 saturated heterocycles. The summed E-state index contributed by atoms with van der Waals surface area (Å²) in [6.07, 6.45) is 4.41. The summed E-state index contributed by atoms with van der Waals surface area (Å²) in [6, 6.07) is 16.4. The standard InChI is InChI=1S/C23H27N5OS/c29-22(19-26-13-15-27(16-14-26)23-24-10-5-11-25-23)28(18-21-8-4-17-30-21)12-9-20-6-2-1-3-7-20/h1-8,10-11,17H,9,12-16,18-19H2. The van der Waals surface area contributed by atoms with Crippen LogP contribution >= 0.6 is 11.3 Å². The topological polar surface area (TPSA) is 52.6 Å². The summed E-state index contributed by atoms with van der Waals surface area (Å²) in [5, 5.41) is 2.07. The molecule has 0 bridgehead atoms. The molecule has 0 aliphatic carbocycles. The Balaban J connectivity index is 1.33. The minimum absolute atomic E-state index is 0.198. The highest BCUT2D eigenvalue weighted by atomic mass is 32.1. The lowest BCUT2D eigenvalue weighted by atomic mass is 10.1. The molecule has 2 aromatic heterocycles. The lowest BCUT2D eigenvalue weighted by Gasteiger charge is -2.35. The molecule has 0 spiro atoms. The van der Waals surface area contributed by atoms with Gasteiger partial charge in [-0.25, -0.2) is 9.97 Å². The lowest BCUT2D eigenvalue weighted by molar-refractivity contribution is -0.133. The molecule has 1 aliphatic heterocycles. The fourth-order valence-electron chi connectivity index (χ4n) is 3.64. The molecule has 3 aromatic rings. The first-order valence-corrected chi connectivity index (χ1v) is 11.2. The predicted molar refractivity (Wildman–Crippen MR) is 121 cm³/mol. The Morgan fingerprint density at radius 2 is 1.73 bits per heavy atom. The molecule has 0 N–H and O–H groups in total. The van der Waals surface area contributed by atoms with Crippen molar-refractivity contribution in [2.75, 3.05) is 44.2 Å². The molecule has 6 nitrogen and oxygen atoms in total. The SMILES string of the molecule is O=C(CN1CCN(c2ncccn2)CC1)N(CCc1ccccc1)Cc1cccs1. The van der Waals surface area contributed by atoms with E-state index in [1.807, 2.05) is 23.1 Å². The molecule has 1 fully saturated rings. The molecule has 30 heavy (non-hydrogen) atoms. The van der Waals surface area contributed by atoms with Crippen molar-refractivity contribution < 1.29 is 4.79 Å². The van der Waals surface area contributed by atoms with E-state index >= 15 is 0 Å². The van der Waals surface area contributed by atoms with Crippen LogP contribution < -0.4 is 4.90 Å². The molecule has 1 aromatic carbocycles. The highest BCUT2D eigenvalue weighted by Crippen LogP contribution is 2.14. The molecule has 1 amide bonds. The smallest absolute Gasteiger partial charge is 0.237 e. The Morgan fingerprint density at radius 3 is 2.43 bits per heavy atom. The van der Waals surface area contributed by atoms with Crippen LogP contribution in [0, 0.1) is 0 Å². The van der Waals surface area contributed by atoms with Crippen molar-refractivity contribution in [3.8, 4) is 0 Å². The molecule has 3 heterocycles. The van der Waals surface area contributed by atoms with Gasteiger partial charge in [0.15, 0.2) is 0 Å². The average Bonchev–Trinajstić information content (AvgIpc) is 3.31. The number of benzene rings is 1. The number of anilines is 1. The van der Waals surface area contributed by atoms with Crippen molar-refractivity contribution in [1.82, 2.24) is 19.8 Å². The van der Waals surface area contributed by atoms with Crippen molar-refractivity contribution in [2.24, 2.45) is 0 Å². The maximum absolute atomic E-state index is 13.2. The molecular weight excluding hydrogens is 394 g/mol. The van der Waals surface area contributed by atoms with Crippen molar-refractivity contribution >= 4 is 23.2 Å². The van der Waals surface area contributed by atoms with Gasteiger partial charge in [-0.2, -0.15) is 0 Å². The number of hydrogen-bond donors (Lipinski definition) is 0. The second kappa shape index (κ2) is 10.3. The molecule has 0 saturated carbocycles. The third-order valence-electron chi connectivity index (χ3n) is 5.36. The largest absolute Gasteiger partial charge is 0.338 e. The van der Waals surface area contributed by atoms with Gasteiger partial charge < -0.3 is 9.80 Å². The van der Waals surface area contributed by atoms with E-state index in [1.54, 1.807) is 23.7 Å². The van der Waals surface area contributed by atoms with Crippen molar-refractivity contribution in [3.63, 3.8) is 0 Å². The summed E-state index contributed by atoms with van der Waals surface area (Å²) < 4.78 is 0. The van der Waals surface area contributed by atoms with Gasteiger partial charge in [-0.1, -0.05) is 36.4 Å². The first-order chi connectivity index (χ1) is 14.8. The van der Waals surface area contributed by atoms with E-state index in [-0.39, 0.29) is 5.91 Å². The van der Waals surface area contributed by atoms with Crippen LogP contribution in [0.4, 0.5) is 5.95 Å². The summed E-state index contributed by atoms with van der Waals surface area (Å²) in [7, 11) is 0. The second-order valence-corrected chi connectivity index (χ2v) is 8.47. The Bertz CT molecular complexity index is 896. The van der Waals surface area contributed by atoms with Crippen LogP contribution in [-0.4, -0.2) is 64.9 Å². The lowest BCUT2D eigenvalue weighted by Crippen LogP contribution is -2.50. The Morgan fingerprint density at radius 1 is 0.967 bits per heavy atom. The minimum Gasteiger partial charge on any atom is -0.338 e. The molecule has 7 heteroatoms. The third kappa shape index (κ3) is 5.64. The average molecular weight is 422 g/mol. The molecule has 0 radical (unpaired) electrons. The van der Waals surface area contributed by atoms with Gasteiger partial charge in [-0.3, -0.25) is 9.69 Å². The maximum atomic E-state index is 13.2. The number of piperazine rings is 1. The van der Waals surface area contributed by atoms with Crippen LogP contribution in [-0.2, 0) is 17.8 Å². The van der Waals surface area contributed by atoms with E-state index in [0.29, 0.717) is 13.1 Å². The zero-order chi connectivity index (χ0) is 20.6. The van der Waals surface area contributed by atoms with Gasteiger partial charge in [0, 0.05) is 50.0 Å². The van der Waals surface area contributed by atoms with Gasteiger partial charge >= 0.3 is 0 Å². The number of nitrogens with zero attached hydrogens (tertiary/aromatic N) is 5. The number of amides is 1. The molecule has 4 rings (SSSR count). The fourth-order valence-corrected chi connectivity index (χ4v) is 4.36. The second-order valence-electron chi connectivity index (χ2n) is 7.44. The summed E-state index contributed by atoms with van der Waals surface area (Å²) >= 11 is 1.71. The van der Waals surface area contributed by atoms with Gasteiger partial charge in [0.2, 0.25) is 11.9 Å². The van der Waals surface area contributed by atoms with Gasteiger partial charge in [-0.05, 0) is 29.5 Å². The molecule has 0 unspecified atom stereocenters. The quantitative estimate of drug-likeness (QED) is 0.560. The Kier molecular flexibility index (Phi) is 7.05. The van der Waals surface area contributed by atoms with E-state index in [9.17, 15) is 4.79 Å². The summed E-state index contributed by atoms with van der Waals surface area (Å²) in [6.45, 7) is 5.24. The number of rotatable bonds is 8. The third-order valence-corrected chi connectivity index (χ3v) is 6.22. The van der Waals surface area contributed by atoms with Crippen molar-refractivity contribution in [2.45, 2.75) is 13.0 Å². The Hall–Kier alpha value is -2.77. The van der Waals surface area contributed by atoms with E-state index in [4.69, 9.17) is 0 Å². The summed E-state index contributed by atoms with van der Waals surface area (Å²) in [4.78, 5) is 29.5. The van der Waals surface area contributed by atoms with Crippen LogP contribution in [0.25, 0.3) is 0 Å². The highest BCUT2D eigenvalue weighted by Gasteiger charge is 2.23. The minimum atomic E-state index is 0.198. The van der Waals surface area contributed by atoms with E-state index in [0.717, 1.165) is 45.1 Å². The van der Waals surface area contributed by atoms with E-state index in [1.165, 1.54) is 10.4 Å². The molecule has 1 aliphatic rings. The van der Waals surface area contributed by atoms with Gasteiger partial charge in [0.05, 0.1) is 13.1 Å². The number of hydrogen-bond acceptors (Lipinski definition) is 6. The number of thiophene rings is 1. The zero-order valence-corrected chi connectivity index (χ0v) is 17.9. The van der Waals surface area contributed by atoms with E-state index in [2.05, 4.69) is 55.5 Å². The number of carbonyl (C=O) groups excluding carboxylic acids is 1. The summed E-state index contributed by atoms with van der Waals surface area (Å²) in [5.41, 5.74) is 1.26. The zero-order valence-electron chi connectivity index (χ0n) is 17.1. The first kappa shape index (κ1) is 20.5. The monoisotopic (exact) mass is 421 g/mol. The fraction of sp³-hybridized carbons (Fsp3) is 0.348. The van der Waals surface area contributed by atoms with Crippen LogP contribution in [0.5, 0.6) is 0 Å².